The van der Waals surface area contributed by atoms with Crippen molar-refractivity contribution in [2.75, 3.05) is 32.3 Å². The van der Waals surface area contributed by atoms with E-state index < -0.39 is 0 Å². The number of carbonyl (C=O) groups is 1. The van der Waals surface area contributed by atoms with Gasteiger partial charge in [0.1, 0.15) is 12.4 Å². The summed E-state index contributed by atoms with van der Waals surface area (Å²) in [7, 11) is 1.58. The number of fused-ring (bicyclic) bond motifs is 1. The van der Waals surface area contributed by atoms with Gasteiger partial charge in [0.15, 0.2) is 0 Å². The lowest BCUT2D eigenvalue weighted by atomic mass is 9.94. The van der Waals surface area contributed by atoms with Crippen molar-refractivity contribution in [3.63, 3.8) is 0 Å². The number of carbonyl (C=O) groups excluding carboxylic acids is 1. The predicted molar refractivity (Wildman–Crippen MR) is 103 cm³/mol. The lowest BCUT2D eigenvalue weighted by Gasteiger charge is -2.21. The van der Waals surface area contributed by atoms with Gasteiger partial charge in [-0.1, -0.05) is 12.1 Å². The second-order valence-electron chi connectivity index (χ2n) is 6.00. The van der Waals surface area contributed by atoms with E-state index in [-0.39, 0.29) is 5.91 Å². The summed E-state index contributed by atoms with van der Waals surface area (Å²) in [5.41, 5.74) is 7.56. The molecule has 2 aromatic carbocycles. The number of nitrogens with one attached hydrogen (secondary N) is 1. The highest BCUT2D eigenvalue weighted by Gasteiger charge is 2.17. The van der Waals surface area contributed by atoms with Crippen LogP contribution in [0, 0.1) is 0 Å². The van der Waals surface area contributed by atoms with E-state index in [0.717, 1.165) is 28.1 Å². The molecule has 3 rings (SSSR count). The number of hydrogen-bond donors (Lipinski definition) is 1. The first kappa shape index (κ1) is 18.0. The van der Waals surface area contributed by atoms with Gasteiger partial charge in [-0.3, -0.25) is 15.1 Å². The molecule has 0 spiro atoms. The second-order valence-corrected chi connectivity index (χ2v) is 6.00. The fourth-order valence-electron chi connectivity index (χ4n) is 3.13. The van der Waals surface area contributed by atoms with E-state index in [0.29, 0.717) is 25.3 Å². The van der Waals surface area contributed by atoms with Crippen molar-refractivity contribution in [2.45, 2.75) is 13.8 Å². The Kier molecular flexibility index (Phi) is 5.58. The first-order chi connectivity index (χ1) is 12.7. The van der Waals surface area contributed by atoms with Crippen molar-refractivity contribution in [3.05, 3.63) is 65.2 Å². The van der Waals surface area contributed by atoms with E-state index >= 15 is 0 Å². The predicted octanol–water partition coefficient (Wildman–Crippen LogP) is 3.97. The molecule has 0 saturated heterocycles. The van der Waals surface area contributed by atoms with Crippen LogP contribution in [0.5, 0.6) is 5.75 Å². The first-order valence-electron chi connectivity index (χ1n) is 8.84. The van der Waals surface area contributed by atoms with Crippen LogP contribution < -0.4 is 10.2 Å². The fourth-order valence-corrected chi connectivity index (χ4v) is 3.13. The van der Waals surface area contributed by atoms with Gasteiger partial charge in [0, 0.05) is 24.2 Å². The highest BCUT2D eigenvalue weighted by molar-refractivity contribution is 5.95. The molecule has 0 saturated carbocycles. The number of ether oxygens (including phenoxy) is 1. The quantitative estimate of drug-likeness (QED) is 0.800. The maximum atomic E-state index is 12.5. The van der Waals surface area contributed by atoms with E-state index in [2.05, 4.69) is 11.6 Å². The smallest absolute Gasteiger partial charge is 0.253 e. The van der Waals surface area contributed by atoms with Crippen molar-refractivity contribution in [3.8, 4) is 5.75 Å². The molecule has 0 fully saturated rings. The number of benzene rings is 2. The van der Waals surface area contributed by atoms with E-state index in [4.69, 9.17) is 9.57 Å². The standard InChI is InChI=1S/C21H24N2O3/c1-4-23(5-2)21(24)16-8-6-15(7-9-16)18-12-13-26-20-11-10-17(22-25-3)14-19(18)20/h6-12,14,22H,4-5,13H2,1-3H3. The number of amides is 1. The van der Waals surface area contributed by atoms with Crippen LogP contribution in [0.4, 0.5) is 5.69 Å². The van der Waals surface area contributed by atoms with Gasteiger partial charge >= 0.3 is 0 Å². The van der Waals surface area contributed by atoms with E-state index in [1.54, 1.807) is 7.11 Å². The van der Waals surface area contributed by atoms with E-state index in [1.807, 2.05) is 61.2 Å². The van der Waals surface area contributed by atoms with Crippen LogP contribution in [-0.4, -0.2) is 37.6 Å². The van der Waals surface area contributed by atoms with Crippen LogP contribution in [0.1, 0.15) is 35.3 Å². The first-order valence-corrected chi connectivity index (χ1v) is 8.84. The van der Waals surface area contributed by atoms with Gasteiger partial charge < -0.3 is 9.64 Å². The second kappa shape index (κ2) is 8.06. The Morgan fingerprint density at radius 1 is 1.15 bits per heavy atom. The molecule has 0 atom stereocenters. The molecule has 136 valence electrons. The number of hydrogen-bond acceptors (Lipinski definition) is 4. The van der Waals surface area contributed by atoms with Crippen LogP contribution in [0.2, 0.25) is 0 Å². The fraction of sp³-hybridized carbons (Fsp3) is 0.286. The summed E-state index contributed by atoms with van der Waals surface area (Å²) in [4.78, 5) is 19.3. The van der Waals surface area contributed by atoms with Gasteiger partial charge in [0.05, 0.1) is 12.8 Å². The highest BCUT2D eigenvalue weighted by Crippen LogP contribution is 2.36. The number of nitrogens with zero attached hydrogens (tertiary/aromatic N) is 1. The Balaban J connectivity index is 1.90. The largest absolute Gasteiger partial charge is 0.489 e. The van der Waals surface area contributed by atoms with E-state index in [9.17, 15) is 4.79 Å². The topological polar surface area (TPSA) is 50.8 Å². The van der Waals surface area contributed by atoms with E-state index in [1.165, 1.54) is 0 Å². The molecule has 1 amide bonds. The van der Waals surface area contributed by atoms with Crippen LogP contribution in [0.25, 0.3) is 5.57 Å². The van der Waals surface area contributed by atoms with Gasteiger partial charge in [0.2, 0.25) is 0 Å². The Bertz CT molecular complexity index is 809. The Morgan fingerprint density at radius 3 is 2.54 bits per heavy atom. The van der Waals surface area contributed by atoms with Gasteiger partial charge in [0.25, 0.3) is 5.91 Å². The Morgan fingerprint density at radius 2 is 1.88 bits per heavy atom. The van der Waals surface area contributed by atoms with Crippen molar-refractivity contribution in [2.24, 2.45) is 0 Å². The third-order valence-corrected chi connectivity index (χ3v) is 4.51. The van der Waals surface area contributed by atoms with Gasteiger partial charge in [-0.15, -0.1) is 0 Å². The summed E-state index contributed by atoms with van der Waals surface area (Å²) in [5, 5.41) is 0. The SMILES string of the molecule is CCN(CC)C(=O)c1ccc(C2=CCOc3ccc(NOC)cc32)cc1. The van der Waals surface area contributed by atoms with Crippen molar-refractivity contribution < 1.29 is 14.4 Å². The van der Waals surface area contributed by atoms with Gasteiger partial charge in [-0.05, 0) is 61.4 Å². The Hall–Kier alpha value is -2.79. The molecule has 1 heterocycles. The normalized spacial score (nSPS) is 12.7. The molecular weight excluding hydrogens is 328 g/mol. The third kappa shape index (κ3) is 3.58. The Labute approximate surface area is 154 Å². The average Bonchev–Trinajstić information content (AvgIpc) is 2.69. The molecule has 0 bridgehead atoms. The molecule has 1 aliphatic rings. The molecule has 1 aliphatic heterocycles. The third-order valence-electron chi connectivity index (χ3n) is 4.51. The molecule has 26 heavy (non-hydrogen) atoms. The zero-order valence-corrected chi connectivity index (χ0v) is 15.4. The molecule has 0 aliphatic carbocycles. The molecule has 5 nitrogen and oxygen atoms in total. The summed E-state index contributed by atoms with van der Waals surface area (Å²) in [6.45, 7) is 5.93. The molecule has 1 N–H and O–H groups in total. The van der Waals surface area contributed by atoms with Crippen LogP contribution in [0.3, 0.4) is 0 Å². The lowest BCUT2D eigenvalue weighted by Crippen LogP contribution is -2.30. The maximum Gasteiger partial charge on any atom is 0.253 e. The number of anilines is 1. The van der Waals surface area contributed by atoms with Crippen LogP contribution in [-0.2, 0) is 4.84 Å². The number of rotatable bonds is 6. The molecule has 0 unspecified atom stereocenters. The molecule has 0 radical (unpaired) electrons. The summed E-state index contributed by atoms with van der Waals surface area (Å²) >= 11 is 0. The minimum absolute atomic E-state index is 0.0643. The molecule has 5 heteroatoms. The monoisotopic (exact) mass is 352 g/mol. The lowest BCUT2D eigenvalue weighted by molar-refractivity contribution is 0.0773. The summed E-state index contributed by atoms with van der Waals surface area (Å²) in [6, 6.07) is 13.6. The highest BCUT2D eigenvalue weighted by atomic mass is 16.6. The minimum atomic E-state index is 0.0643. The van der Waals surface area contributed by atoms with Gasteiger partial charge in [-0.25, -0.2) is 0 Å². The van der Waals surface area contributed by atoms with Crippen molar-refractivity contribution in [1.82, 2.24) is 4.90 Å². The molecular formula is C21H24N2O3. The van der Waals surface area contributed by atoms with Crippen molar-refractivity contribution in [1.29, 1.82) is 0 Å². The molecule has 0 aromatic heterocycles. The zero-order chi connectivity index (χ0) is 18.5. The van der Waals surface area contributed by atoms with Crippen molar-refractivity contribution >= 4 is 17.2 Å². The minimum Gasteiger partial charge on any atom is -0.489 e. The zero-order valence-electron chi connectivity index (χ0n) is 15.4. The average molecular weight is 352 g/mol. The van der Waals surface area contributed by atoms with Gasteiger partial charge in [-0.2, -0.15) is 0 Å². The maximum absolute atomic E-state index is 12.5. The van der Waals surface area contributed by atoms with Crippen LogP contribution in [0.15, 0.2) is 48.5 Å². The van der Waals surface area contributed by atoms with Crippen LogP contribution >= 0.6 is 0 Å². The summed E-state index contributed by atoms with van der Waals surface area (Å²) < 4.78 is 5.73. The molecule has 2 aromatic rings. The summed E-state index contributed by atoms with van der Waals surface area (Å²) in [6.07, 6.45) is 2.06. The summed E-state index contributed by atoms with van der Waals surface area (Å²) in [5.74, 6) is 0.905.